The highest BCUT2D eigenvalue weighted by Gasteiger charge is 2.04. The first-order valence-corrected chi connectivity index (χ1v) is 5.78. The Balaban J connectivity index is 2.71. The minimum absolute atomic E-state index is 0.718. The summed E-state index contributed by atoms with van der Waals surface area (Å²) in [5, 5.41) is 3.15. The number of aryl methyl sites for hydroxylation is 1. The molecule has 90 valence electrons. The molecule has 1 aromatic rings. The predicted molar refractivity (Wildman–Crippen MR) is 69.5 cm³/mol. The van der Waals surface area contributed by atoms with Crippen LogP contribution >= 0.6 is 0 Å². The summed E-state index contributed by atoms with van der Waals surface area (Å²) in [6.45, 7) is 6.80. The third kappa shape index (κ3) is 3.42. The molecule has 3 nitrogen and oxygen atoms in total. The van der Waals surface area contributed by atoms with Crippen LogP contribution in [-0.2, 0) is 0 Å². The average molecular weight is 222 g/mol. The molecular weight excluding hydrogens is 200 g/mol. The molecule has 0 spiro atoms. The molecular formula is C13H22N2O. The zero-order valence-electron chi connectivity index (χ0n) is 10.7. The SMILES string of the molecule is CCOc1ccc(N(C)CCNC)cc1C. The maximum absolute atomic E-state index is 5.52. The maximum atomic E-state index is 5.52. The Morgan fingerprint density at radius 3 is 2.69 bits per heavy atom. The van der Waals surface area contributed by atoms with Gasteiger partial charge < -0.3 is 15.0 Å². The van der Waals surface area contributed by atoms with E-state index in [1.54, 1.807) is 0 Å². The van der Waals surface area contributed by atoms with E-state index in [9.17, 15) is 0 Å². The van der Waals surface area contributed by atoms with E-state index in [-0.39, 0.29) is 0 Å². The van der Waals surface area contributed by atoms with Crippen LogP contribution in [-0.4, -0.2) is 33.8 Å². The summed E-state index contributed by atoms with van der Waals surface area (Å²) in [5.74, 6) is 0.980. The van der Waals surface area contributed by atoms with Gasteiger partial charge in [0.25, 0.3) is 0 Å². The molecule has 0 saturated carbocycles. The molecule has 0 saturated heterocycles. The highest BCUT2D eigenvalue weighted by Crippen LogP contribution is 2.23. The zero-order chi connectivity index (χ0) is 12.0. The first-order valence-electron chi connectivity index (χ1n) is 5.78. The summed E-state index contributed by atoms with van der Waals surface area (Å²) < 4.78 is 5.52. The van der Waals surface area contributed by atoms with Crippen molar-refractivity contribution >= 4 is 5.69 Å². The molecule has 0 fully saturated rings. The Hall–Kier alpha value is -1.22. The van der Waals surface area contributed by atoms with E-state index in [0.29, 0.717) is 0 Å². The summed E-state index contributed by atoms with van der Waals surface area (Å²) in [5.41, 5.74) is 2.42. The summed E-state index contributed by atoms with van der Waals surface area (Å²) in [6, 6.07) is 6.32. The molecule has 0 aliphatic rings. The van der Waals surface area contributed by atoms with E-state index < -0.39 is 0 Å². The van der Waals surface area contributed by atoms with E-state index in [1.807, 2.05) is 20.0 Å². The van der Waals surface area contributed by atoms with E-state index >= 15 is 0 Å². The van der Waals surface area contributed by atoms with Crippen molar-refractivity contribution in [1.82, 2.24) is 5.32 Å². The minimum atomic E-state index is 0.718. The number of rotatable bonds is 6. The second-order valence-corrected chi connectivity index (χ2v) is 3.91. The van der Waals surface area contributed by atoms with Crippen LogP contribution in [0.15, 0.2) is 18.2 Å². The third-order valence-corrected chi connectivity index (χ3v) is 2.60. The first-order chi connectivity index (χ1) is 7.69. The van der Waals surface area contributed by atoms with Crippen molar-refractivity contribution in [3.05, 3.63) is 23.8 Å². The number of nitrogens with zero attached hydrogens (tertiary/aromatic N) is 1. The Kier molecular flexibility index (Phi) is 5.12. The Labute approximate surface area is 98.4 Å². The normalized spacial score (nSPS) is 10.2. The highest BCUT2D eigenvalue weighted by atomic mass is 16.5. The molecule has 1 N–H and O–H groups in total. The number of ether oxygens (including phenoxy) is 1. The number of anilines is 1. The van der Waals surface area contributed by atoms with Crippen LogP contribution in [0.2, 0.25) is 0 Å². The summed E-state index contributed by atoms with van der Waals surface area (Å²) in [6.07, 6.45) is 0. The average Bonchev–Trinajstić information content (AvgIpc) is 2.29. The highest BCUT2D eigenvalue weighted by molar-refractivity contribution is 5.52. The van der Waals surface area contributed by atoms with Crippen LogP contribution < -0.4 is 15.0 Å². The van der Waals surface area contributed by atoms with E-state index in [4.69, 9.17) is 4.74 Å². The van der Waals surface area contributed by atoms with Crippen LogP contribution in [0.4, 0.5) is 5.69 Å². The summed E-state index contributed by atoms with van der Waals surface area (Å²) in [7, 11) is 4.07. The van der Waals surface area contributed by atoms with Gasteiger partial charge in [-0.05, 0) is 44.7 Å². The maximum Gasteiger partial charge on any atom is 0.122 e. The van der Waals surface area contributed by atoms with E-state index in [1.165, 1.54) is 11.3 Å². The number of hydrogen-bond donors (Lipinski definition) is 1. The minimum Gasteiger partial charge on any atom is -0.494 e. The van der Waals surface area contributed by atoms with Gasteiger partial charge in [0, 0.05) is 25.8 Å². The van der Waals surface area contributed by atoms with Gasteiger partial charge in [-0.3, -0.25) is 0 Å². The summed E-state index contributed by atoms with van der Waals surface area (Å²) in [4.78, 5) is 2.24. The number of hydrogen-bond acceptors (Lipinski definition) is 3. The molecule has 0 aromatic heterocycles. The summed E-state index contributed by atoms with van der Waals surface area (Å²) >= 11 is 0. The molecule has 0 unspecified atom stereocenters. The van der Waals surface area contributed by atoms with Crippen molar-refractivity contribution in [3.8, 4) is 5.75 Å². The van der Waals surface area contributed by atoms with Gasteiger partial charge in [-0.2, -0.15) is 0 Å². The van der Waals surface area contributed by atoms with Crippen molar-refractivity contribution < 1.29 is 4.74 Å². The second-order valence-electron chi connectivity index (χ2n) is 3.91. The van der Waals surface area contributed by atoms with Crippen molar-refractivity contribution in [2.75, 3.05) is 38.7 Å². The third-order valence-electron chi connectivity index (χ3n) is 2.60. The standard InChI is InChI=1S/C13H22N2O/c1-5-16-13-7-6-12(10-11(13)2)15(4)9-8-14-3/h6-7,10,14H,5,8-9H2,1-4H3. The van der Waals surface area contributed by atoms with Crippen molar-refractivity contribution in [2.45, 2.75) is 13.8 Å². The fourth-order valence-electron chi connectivity index (χ4n) is 1.60. The van der Waals surface area contributed by atoms with Crippen molar-refractivity contribution in [2.24, 2.45) is 0 Å². The Morgan fingerprint density at radius 2 is 2.12 bits per heavy atom. The first kappa shape index (κ1) is 12.8. The lowest BCUT2D eigenvalue weighted by Crippen LogP contribution is -2.27. The molecule has 0 radical (unpaired) electrons. The number of likely N-dealkylation sites (N-methyl/N-ethyl adjacent to an activating group) is 2. The fraction of sp³-hybridized carbons (Fsp3) is 0.538. The van der Waals surface area contributed by atoms with Gasteiger partial charge in [-0.15, -0.1) is 0 Å². The van der Waals surface area contributed by atoms with Crippen LogP contribution in [0.5, 0.6) is 5.75 Å². The zero-order valence-corrected chi connectivity index (χ0v) is 10.7. The lowest BCUT2D eigenvalue weighted by atomic mass is 10.2. The topological polar surface area (TPSA) is 24.5 Å². The monoisotopic (exact) mass is 222 g/mol. The number of benzene rings is 1. The fourth-order valence-corrected chi connectivity index (χ4v) is 1.60. The van der Waals surface area contributed by atoms with Crippen LogP contribution in [0.3, 0.4) is 0 Å². The molecule has 0 bridgehead atoms. The van der Waals surface area contributed by atoms with Gasteiger partial charge in [-0.1, -0.05) is 0 Å². The van der Waals surface area contributed by atoms with Gasteiger partial charge in [0.05, 0.1) is 6.61 Å². The predicted octanol–water partition coefficient (Wildman–Crippen LogP) is 2.05. The lowest BCUT2D eigenvalue weighted by molar-refractivity contribution is 0.338. The smallest absolute Gasteiger partial charge is 0.122 e. The van der Waals surface area contributed by atoms with E-state index in [2.05, 4.69) is 36.3 Å². The molecule has 0 aliphatic heterocycles. The molecule has 0 amide bonds. The van der Waals surface area contributed by atoms with Crippen LogP contribution in [0.1, 0.15) is 12.5 Å². The largest absolute Gasteiger partial charge is 0.494 e. The van der Waals surface area contributed by atoms with Crippen LogP contribution in [0, 0.1) is 6.92 Å². The molecule has 3 heteroatoms. The molecule has 0 atom stereocenters. The molecule has 0 heterocycles. The lowest BCUT2D eigenvalue weighted by Gasteiger charge is -2.20. The van der Waals surface area contributed by atoms with Crippen LogP contribution in [0.25, 0.3) is 0 Å². The quantitative estimate of drug-likeness (QED) is 0.797. The van der Waals surface area contributed by atoms with Crippen molar-refractivity contribution in [3.63, 3.8) is 0 Å². The number of nitrogens with one attached hydrogen (secondary N) is 1. The second kappa shape index (κ2) is 6.38. The molecule has 1 rings (SSSR count). The van der Waals surface area contributed by atoms with Gasteiger partial charge in [0.2, 0.25) is 0 Å². The Morgan fingerprint density at radius 1 is 1.38 bits per heavy atom. The molecule has 1 aromatic carbocycles. The molecule has 16 heavy (non-hydrogen) atoms. The molecule has 0 aliphatic carbocycles. The van der Waals surface area contributed by atoms with Gasteiger partial charge in [0.1, 0.15) is 5.75 Å². The van der Waals surface area contributed by atoms with Crippen molar-refractivity contribution in [1.29, 1.82) is 0 Å². The van der Waals surface area contributed by atoms with Gasteiger partial charge in [-0.25, -0.2) is 0 Å². The van der Waals surface area contributed by atoms with Gasteiger partial charge in [0.15, 0.2) is 0 Å². The van der Waals surface area contributed by atoms with Gasteiger partial charge >= 0.3 is 0 Å². The Bertz CT molecular complexity index is 326. The van der Waals surface area contributed by atoms with E-state index in [0.717, 1.165) is 25.4 Å².